The first-order valence-electron chi connectivity index (χ1n) is 5.04. The summed E-state index contributed by atoms with van der Waals surface area (Å²) < 4.78 is 0.807. The van der Waals surface area contributed by atoms with E-state index in [9.17, 15) is 4.79 Å². The molecule has 3 nitrogen and oxygen atoms in total. The van der Waals surface area contributed by atoms with Crippen LogP contribution in [0.25, 0.3) is 0 Å². The number of pyridine rings is 1. The van der Waals surface area contributed by atoms with Gasteiger partial charge in [-0.25, -0.2) is 0 Å². The summed E-state index contributed by atoms with van der Waals surface area (Å²) in [5.74, 6) is -0.0885. The normalized spacial score (nSPS) is 14.2. The summed E-state index contributed by atoms with van der Waals surface area (Å²) in [5, 5.41) is 2.92. The van der Waals surface area contributed by atoms with Crippen molar-refractivity contribution in [3.63, 3.8) is 0 Å². The lowest BCUT2D eigenvalue weighted by Gasteiger charge is -2.15. The van der Waals surface area contributed by atoms with E-state index >= 15 is 0 Å². The Morgan fingerprint density at radius 2 is 2.19 bits per heavy atom. The van der Waals surface area contributed by atoms with E-state index in [0.29, 0.717) is 10.4 Å². The van der Waals surface area contributed by atoms with Crippen LogP contribution in [0.5, 0.6) is 0 Å². The smallest absolute Gasteiger partial charge is 0.253 e. The van der Waals surface area contributed by atoms with E-state index in [-0.39, 0.29) is 11.9 Å². The lowest BCUT2D eigenvalue weighted by Crippen LogP contribution is -2.33. The molecule has 0 aromatic carbocycles. The Bertz CT molecular complexity index is 369. The molecule has 0 aliphatic heterocycles. The van der Waals surface area contributed by atoms with Gasteiger partial charge in [-0.2, -0.15) is 0 Å². The van der Waals surface area contributed by atoms with Crippen LogP contribution in [0.4, 0.5) is 0 Å². The van der Waals surface area contributed by atoms with Crippen LogP contribution in [0.1, 0.15) is 30.6 Å². The second-order valence-corrected chi connectivity index (χ2v) is 6.26. The number of rotatable bonds is 4. The second-order valence-electron chi connectivity index (χ2n) is 3.78. The van der Waals surface area contributed by atoms with Gasteiger partial charge in [-0.1, -0.05) is 22.9 Å². The third-order valence-electron chi connectivity index (χ3n) is 2.02. The number of carbonyl (C=O) groups excluding carboxylic acids is 1. The first-order valence-corrected chi connectivity index (χ1v) is 6.75. The summed E-state index contributed by atoms with van der Waals surface area (Å²) in [4.78, 5) is 16.2. The van der Waals surface area contributed by atoms with Gasteiger partial charge in [0.05, 0.1) is 5.56 Å². The topological polar surface area (TPSA) is 42.0 Å². The number of alkyl halides is 1. The molecule has 1 amide bonds. The van der Waals surface area contributed by atoms with Gasteiger partial charge in [-0.15, -0.1) is 0 Å². The second kappa shape index (κ2) is 6.35. The van der Waals surface area contributed by atoms with Crippen molar-refractivity contribution in [2.45, 2.75) is 31.1 Å². The number of halogens is 2. The summed E-state index contributed by atoms with van der Waals surface area (Å²) in [6, 6.07) is 1.90. The van der Waals surface area contributed by atoms with Crippen molar-refractivity contribution in [2.75, 3.05) is 0 Å². The minimum Gasteiger partial charge on any atom is -0.349 e. The van der Waals surface area contributed by atoms with E-state index < -0.39 is 0 Å². The molecule has 0 aliphatic rings. The van der Waals surface area contributed by atoms with Crippen molar-refractivity contribution in [2.24, 2.45) is 0 Å². The molecule has 1 aromatic rings. The monoisotopic (exact) mass is 348 g/mol. The van der Waals surface area contributed by atoms with Crippen LogP contribution in [0, 0.1) is 0 Å². The molecule has 0 bridgehead atoms. The maximum Gasteiger partial charge on any atom is 0.253 e. The Hall–Kier alpha value is -0.420. The van der Waals surface area contributed by atoms with E-state index in [0.717, 1.165) is 10.9 Å². The van der Waals surface area contributed by atoms with Crippen molar-refractivity contribution in [1.29, 1.82) is 0 Å². The fraction of sp³-hybridized carbons (Fsp3) is 0.455. The fourth-order valence-electron chi connectivity index (χ4n) is 1.39. The zero-order valence-electron chi connectivity index (χ0n) is 9.21. The van der Waals surface area contributed by atoms with E-state index in [1.165, 1.54) is 0 Å². The van der Waals surface area contributed by atoms with Gasteiger partial charge in [-0.3, -0.25) is 9.78 Å². The highest BCUT2D eigenvalue weighted by molar-refractivity contribution is 9.10. The zero-order valence-corrected chi connectivity index (χ0v) is 12.4. The third kappa shape index (κ3) is 4.61. The number of hydrogen-bond acceptors (Lipinski definition) is 2. The third-order valence-corrected chi connectivity index (χ3v) is 2.83. The standard InChI is InChI=1S/C11H14Br2N2O/c1-7(12)3-8(2)15-11(16)9-4-10(13)6-14-5-9/h4-8H,3H2,1-2H3,(H,15,16). The number of aromatic nitrogens is 1. The molecule has 1 N–H and O–H groups in total. The van der Waals surface area contributed by atoms with Crippen LogP contribution < -0.4 is 5.32 Å². The molecule has 1 heterocycles. The predicted octanol–water partition coefficient (Wildman–Crippen LogP) is 3.14. The molecule has 0 saturated heterocycles. The van der Waals surface area contributed by atoms with Gasteiger partial charge >= 0.3 is 0 Å². The maximum atomic E-state index is 11.8. The minimum atomic E-state index is -0.0885. The van der Waals surface area contributed by atoms with E-state index in [4.69, 9.17) is 0 Å². The summed E-state index contributed by atoms with van der Waals surface area (Å²) in [7, 11) is 0. The molecular formula is C11H14Br2N2O. The van der Waals surface area contributed by atoms with Crippen LogP contribution in [-0.2, 0) is 0 Å². The van der Waals surface area contributed by atoms with Crippen LogP contribution in [0.2, 0.25) is 0 Å². The molecule has 1 aromatic heterocycles. The Morgan fingerprint density at radius 1 is 1.50 bits per heavy atom. The molecule has 16 heavy (non-hydrogen) atoms. The summed E-state index contributed by atoms with van der Waals surface area (Å²) in [6.45, 7) is 4.05. The largest absolute Gasteiger partial charge is 0.349 e. The number of carbonyl (C=O) groups is 1. The molecule has 0 spiro atoms. The van der Waals surface area contributed by atoms with Gasteiger partial charge in [0.1, 0.15) is 0 Å². The lowest BCUT2D eigenvalue weighted by atomic mass is 10.2. The highest BCUT2D eigenvalue weighted by Gasteiger charge is 2.11. The summed E-state index contributed by atoms with van der Waals surface area (Å²) >= 11 is 6.75. The number of amides is 1. The lowest BCUT2D eigenvalue weighted by molar-refractivity contribution is 0.0938. The zero-order chi connectivity index (χ0) is 12.1. The number of nitrogens with one attached hydrogen (secondary N) is 1. The summed E-state index contributed by atoms with van der Waals surface area (Å²) in [5.41, 5.74) is 0.573. The molecule has 1 rings (SSSR count). The van der Waals surface area contributed by atoms with Crippen LogP contribution in [0.3, 0.4) is 0 Å². The van der Waals surface area contributed by atoms with Crippen LogP contribution >= 0.6 is 31.9 Å². The minimum absolute atomic E-state index is 0.0885. The Morgan fingerprint density at radius 3 is 2.75 bits per heavy atom. The molecule has 0 radical (unpaired) electrons. The van der Waals surface area contributed by atoms with E-state index in [1.54, 1.807) is 18.5 Å². The van der Waals surface area contributed by atoms with Crippen molar-refractivity contribution in [3.8, 4) is 0 Å². The predicted molar refractivity (Wildman–Crippen MR) is 71.9 cm³/mol. The molecule has 0 saturated carbocycles. The highest BCUT2D eigenvalue weighted by Crippen LogP contribution is 2.11. The van der Waals surface area contributed by atoms with E-state index in [2.05, 4.69) is 49.1 Å². The molecule has 2 unspecified atom stereocenters. The maximum absolute atomic E-state index is 11.8. The number of hydrogen-bond donors (Lipinski definition) is 1. The van der Waals surface area contributed by atoms with Gasteiger partial charge in [-0.05, 0) is 35.3 Å². The Labute approximate surface area is 112 Å². The molecular weight excluding hydrogens is 336 g/mol. The Balaban J connectivity index is 2.59. The van der Waals surface area contributed by atoms with Crippen LogP contribution in [-0.4, -0.2) is 21.8 Å². The molecule has 88 valence electrons. The molecule has 2 atom stereocenters. The van der Waals surface area contributed by atoms with Gasteiger partial charge in [0.15, 0.2) is 0 Å². The van der Waals surface area contributed by atoms with Crippen molar-refractivity contribution >= 4 is 37.8 Å². The Kier molecular flexibility index (Phi) is 5.41. The van der Waals surface area contributed by atoms with Crippen molar-refractivity contribution in [1.82, 2.24) is 10.3 Å². The van der Waals surface area contributed by atoms with Gasteiger partial charge < -0.3 is 5.32 Å². The fourth-order valence-corrected chi connectivity index (χ4v) is 2.31. The van der Waals surface area contributed by atoms with Crippen molar-refractivity contribution < 1.29 is 4.79 Å². The van der Waals surface area contributed by atoms with Gasteiger partial charge in [0, 0.05) is 27.7 Å². The van der Waals surface area contributed by atoms with Crippen molar-refractivity contribution in [3.05, 3.63) is 28.5 Å². The van der Waals surface area contributed by atoms with E-state index in [1.807, 2.05) is 6.92 Å². The first-order chi connectivity index (χ1) is 7.49. The quantitative estimate of drug-likeness (QED) is 0.848. The van der Waals surface area contributed by atoms with Crippen LogP contribution in [0.15, 0.2) is 22.9 Å². The SMILES string of the molecule is CC(Br)CC(C)NC(=O)c1cncc(Br)c1. The highest BCUT2D eigenvalue weighted by atomic mass is 79.9. The molecule has 5 heteroatoms. The number of nitrogens with zero attached hydrogens (tertiary/aromatic N) is 1. The van der Waals surface area contributed by atoms with Gasteiger partial charge in [0.2, 0.25) is 0 Å². The molecule has 0 fully saturated rings. The molecule has 0 aliphatic carbocycles. The van der Waals surface area contributed by atoms with Gasteiger partial charge in [0.25, 0.3) is 5.91 Å². The summed E-state index contributed by atoms with van der Waals surface area (Å²) in [6.07, 6.45) is 4.11. The average Bonchev–Trinajstić information content (AvgIpc) is 2.16. The first kappa shape index (κ1) is 13.6. The average molecular weight is 350 g/mol.